The Morgan fingerprint density at radius 1 is 1.08 bits per heavy atom. The highest BCUT2D eigenvalue weighted by Gasteiger charge is 2.26. The summed E-state index contributed by atoms with van der Waals surface area (Å²) in [5, 5.41) is 3.70. The van der Waals surface area contributed by atoms with E-state index in [1.807, 2.05) is 0 Å². The molecule has 1 aromatic rings. The highest BCUT2D eigenvalue weighted by Crippen LogP contribution is 2.27. The van der Waals surface area contributed by atoms with Gasteiger partial charge in [-0.05, 0) is 50.6 Å². The molecule has 1 heterocycles. The third kappa shape index (κ3) is 5.46. The first kappa shape index (κ1) is 17.7. The molecule has 2 heteroatoms. The van der Waals surface area contributed by atoms with Crippen molar-refractivity contribution in [3.63, 3.8) is 0 Å². The predicted molar refractivity (Wildman–Crippen MR) is 104 cm³/mol. The summed E-state index contributed by atoms with van der Waals surface area (Å²) in [6.07, 6.45) is 12.4. The van der Waals surface area contributed by atoms with E-state index in [0.29, 0.717) is 0 Å². The molecule has 2 nitrogen and oxygen atoms in total. The van der Waals surface area contributed by atoms with Crippen LogP contribution in [0, 0.1) is 5.92 Å². The summed E-state index contributed by atoms with van der Waals surface area (Å²) >= 11 is 0. The summed E-state index contributed by atoms with van der Waals surface area (Å²) in [4.78, 5) is 2.78. The molecule has 132 valence electrons. The Labute approximate surface area is 148 Å². The van der Waals surface area contributed by atoms with E-state index in [1.54, 1.807) is 0 Å². The van der Waals surface area contributed by atoms with Crippen LogP contribution < -0.4 is 5.32 Å². The van der Waals surface area contributed by atoms with Crippen LogP contribution in [0.3, 0.4) is 0 Å². The van der Waals surface area contributed by atoms with Crippen LogP contribution in [-0.4, -0.2) is 37.1 Å². The average molecular weight is 327 g/mol. The highest BCUT2D eigenvalue weighted by atomic mass is 15.2. The Kier molecular flexibility index (Phi) is 6.92. The molecule has 0 bridgehead atoms. The van der Waals surface area contributed by atoms with E-state index in [0.717, 1.165) is 25.0 Å². The van der Waals surface area contributed by atoms with Crippen LogP contribution in [0.4, 0.5) is 0 Å². The largest absolute Gasteiger partial charge is 0.311 e. The summed E-state index contributed by atoms with van der Waals surface area (Å²) in [5.74, 6) is 0.971. The molecule has 0 unspecified atom stereocenters. The van der Waals surface area contributed by atoms with Crippen molar-refractivity contribution < 1.29 is 0 Å². The van der Waals surface area contributed by atoms with Crippen molar-refractivity contribution in [2.24, 2.45) is 5.92 Å². The maximum absolute atomic E-state index is 3.70. The minimum Gasteiger partial charge on any atom is -0.311 e. The van der Waals surface area contributed by atoms with Crippen molar-refractivity contribution in [2.75, 3.05) is 26.2 Å². The van der Waals surface area contributed by atoms with Crippen LogP contribution in [-0.2, 0) is 0 Å². The molecule has 1 saturated heterocycles. The van der Waals surface area contributed by atoms with Gasteiger partial charge in [0.05, 0.1) is 0 Å². The monoisotopic (exact) mass is 326 g/mol. The SMILES string of the molecule is CC(=Cc1ccccc1)CNC[C@@H]1CCCN1CC1CCCCC1. The van der Waals surface area contributed by atoms with Crippen LogP contribution in [0.15, 0.2) is 35.9 Å². The second-order valence-corrected chi connectivity index (χ2v) is 7.83. The van der Waals surface area contributed by atoms with Crippen molar-refractivity contribution in [2.45, 2.75) is 57.9 Å². The van der Waals surface area contributed by atoms with Gasteiger partial charge in [-0.3, -0.25) is 4.90 Å². The lowest BCUT2D eigenvalue weighted by atomic mass is 9.89. The maximum atomic E-state index is 3.70. The van der Waals surface area contributed by atoms with Gasteiger partial charge in [0, 0.05) is 25.7 Å². The summed E-state index contributed by atoms with van der Waals surface area (Å²) in [5.41, 5.74) is 2.72. The average Bonchev–Trinajstić information content (AvgIpc) is 3.04. The first-order chi connectivity index (χ1) is 11.8. The van der Waals surface area contributed by atoms with Gasteiger partial charge in [-0.1, -0.05) is 61.2 Å². The zero-order valence-corrected chi connectivity index (χ0v) is 15.3. The topological polar surface area (TPSA) is 15.3 Å². The smallest absolute Gasteiger partial charge is 0.0221 e. The molecule has 1 aliphatic carbocycles. The molecule has 1 aromatic carbocycles. The second kappa shape index (κ2) is 9.39. The van der Waals surface area contributed by atoms with E-state index < -0.39 is 0 Å². The van der Waals surface area contributed by atoms with Gasteiger partial charge in [0.1, 0.15) is 0 Å². The fourth-order valence-corrected chi connectivity index (χ4v) is 4.39. The summed E-state index contributed by atoms with van der Waals surface area (Å²) in [6.45, 7) is 7.05. The first-order valence-electron chi connectivity index (χ1n) is 9.98. The molecule has 1 aliphatic heterocycles. The van der Waals surface area contributed by atoms with Gasteiger partial charge in [-0.25, -0.2) is 0 Å². The summed E-state index contributed by atoms with van der Waals surface area (Å²) in [7, 11) is 0. The molecule has 0 spiro atoms. The Hall–Kier alpha value is -1.12. The van der Waals surface area contributed by atoms with Crippen molar-refractivity contribution in [1.29, 1.82) is 0 Å². The predicted octanol–water partition coefficient (Wildman–Crippen LogP) is 4.72. The number of benzene rings is 1. The lowest BCUT2D eigenvalue weighted by Crippen LogP contribution is -2.41. The molecule has 24 heavy (non-hydrogen) atoms. The fraction of sp³-hybridized carbons (Fsp3) is 0.636. The molecule has 0 aromatic heterocycles. The molecular weight excluding hydrogens is 292 g/mol. The standard InChI is InChI=1S/C22H34N2/c1-19(15-20-9-4-2-5-10-20)16-23-17-22-13-8-14-24(22)18-21-11-6-3-7-12-21/h2,4-5,9-10,15,21-23H,3,6-8,11-14,16-18H2,1H3/t22-/m0/s1. The van der Waals surface area contributed by atoms with E-state index in [4.69, 9.17) is 0 Å². The third-order valence-electron chi connectivity index (χ3n) is 5.71. The molecule has 1 atom stereocenters. The van der Waals surface area contributed by atoms with Gasteiger partial charge in [-0.15, -0.1) is 0 Å². The summed E-state index contributed by atoms with van der Waals surface area (Å²) < 4.78 is 0. The van der Waals surface area contributed by atoms with Gasteiger partial charge in [-0.2, -0.15) is 0 Å². The molecule has 0 amide bonds. The van der Waals surface area contributed by atoms with Crippen LogP contribution in [0.25, 0.3) is 6.08 Å². The molecule has 3 rings (SSSR count). The van der Waals surface area contributed by atoms with Crippen molar-refractivity contribution >= 4 is 6.08 Å². The molecular formula is C22H34N2. The highest BCUT2D eigenvalue weighted by molar-refractivity contribution is 5.52. The second-order valence-electron chi connectivity index (χ2n) is 7.83. The molecule has 2 fully saturated rings. The maximum Gasteiger partial charge on any atom is 0.0221 e. The minimum atomic E-state index is 0.761. The van der Waals surface area contributed by atoms with Crippen LogP contribution in [0.5, 0.6) is 0 Å². The number of hydrogen-bond acceptors (Lipinski definition) is 2. The van der Waals surface area contributed by atoms with Crippen molar-refractivity contribution in [1.82, 2.24) is 10.2 Å². The fourth-order valence-electron chi connectivity index (χ4n) is 4.39. The minimum absolute atomic E-state index is 0.761. The van der Waals surface area contributed by atoms with E-state index in [2.05, 4.69) is 53.5 Å². The van der Waals surface area contributed by atoms with Gasteiger partial charge in [0.15, 0.2) is 0 Å². The number of rotatable bonds is 7. The lowest BCUT2D eigenvalue weighted by Gasteiger charge is -2.31. The van der Waals surface area contributed by atoms with Crippen LogP contribution >= 0.6 is 0 Å². The number of nitrogens with zero attached hydrogens (tertiary/aromatic N) is 1. The van der Waals surface area contributed by atoms with Crippen LogP contribution in [0.1, 0.15) is 57.4 Å². The van der Waals surface area contributed by atoms with Crippen molar-refractivity contribution in [3.05, 3.63) is 41.5 Å². The first-order valence-corrected chi connectivity index (χ1v) is 9.98. The normalized spacial score (nSPS) is 23.7. The Bertz CT molecular complexity index is 502. The van der Waals surface area contributed by atoms with Gasteiger partial charge >= 0.3 is 0 Å². The van der Waals surface area contributed by atoms with Gasteiger partial charge < -0.3 is 5.32 Å². The van der Waals surface area contributed by atoms with E-state index in [9.17, 15) is 0 Å². The van der Waals surface area contributed by atoms with Gasteiger partial charge in [0.2, 0.25) is 0 Å². The molecule has 1 saturated carbocycles. The number of likely N-dealkylation sites (tertiary alicyclic amines) is 1. The Balaban J connectivity index is 1.41. The zero-order chi connectivity index (χ0) is 16.6. The van der Waals surface area contributed by atoms with E-state index >= 15 is 0 Å². The van der Waals surface area contributed by atoms with Crippen molar-refractivity contribution in [3.8, 4) is 0 Å². The summed E-state index contributed by atoms with van der Waals surface area (Å²) in [6, 6.07) is 11.4. The zero-order valence-electron chi connectivity index (χ0n) is 15.3. The lowest BCUT2D eigenvalue weighted by molar-refractivity contribution is 0.185. The molecule has 2 aliphatic rings. The molecule has 1 N–H and O–H groups in total. The third-order valence-corrected chi connectivity index (χ3v) is 5.71. The number of nitrogens with one attached hydrogen (secondary N) is 1. The van der Waals surface area contributed by atoms with E-state index in [1.165, 1.54) is 69.2 Å². The Morgan fingerprint density at radius 3 is 2.67 bits per heavy atom. The van der Waals surface area contributed by atoms with Gasteiger partial charge in [0.25, 0.3) is 0 Å². The Morgan fingerprint density at radius 2 is 1.88 bits per heavy atom. The van der Waals surface area contributed by atoms with E-state index in [-0.39, 0.29) is 0 Å². The number of hydrogen-bond donors (Lipinski definition) is 1. The van der Waals surface area contributed by atoms with Crippen LogP contribution in [0.2, 0.25) is 0 Å². The quantitative estimate of drug-likeness (QED) is 0.779. The molecule has 0 radical (unpaired) electrons.